The van der Waals surface area contributed by atoms with E-state index in [1.54, 1.807) is 6.92 Å². The van der Waals surface area contributed by atoms with Gasteiger partial charge in [-0.05, 0) is 25.7 Å². The molecule has 1 aliphatic carbocycles. The van der Waals surface area contributed by atoms with Gasteiger partial charge in [-0.15, -0.1) is 0 Å². The van der Waals surface area contributed by atoms with Gasteiger partial charge in [0.05, 0.1) is 5.84 Å². The molecule has 1 saturated carbocycles. The SMILES string of the molecule is CC(=N)N(C)CC1CCC(F)(F)CC1. The molecule has 0 aromatic heterocycles. The van der Waals surface area contributed by atoms with Gasteiger partial charge in [0.1, 0.15) is 0 Å². The molecule has 2 nitrogen and oxygen atoms in total. The fraction of sp³-hybridized carbons (Fsp3) is 0.900. The van der Waals surface area contributed by atoms with Gasteiger partial charge in [-0.1, -0.05) is 0 Å². The van der Waals surface area contributed by atoms with E-state index in [1.165, 1.54) is 0 Å². The van der Waals surface area contributed by atoms with Gasteiger partial charge in [0.25, 0.3) is 0 Å². The zero-order chi connectivity index (χ0) is 10.8. The number of amidine groups is 1. The van der Waals surface area contributed by atoms with Crippen molar-refractivity contribution in [3.05, 3.63) is 0 Å². The van der Waals surface area contributed by atoms with Gasteiger partial charge >= 0.3 is 0 Å². The lowest BCUT2D eigenvalue weighted by molar-refractivity contribution is -0.0469. The summed E-state index contributed by atoms with van der Waals surface area (Å²) >= 11 is 0. The van der Waals surface area contributed by atoms with Gasteiger partial charge in [0.2, 0.25) is 5.92 Å². The first-order valence-electron chi connectivity index (χ1n) is 5.05. The number of nitrogens with one attached hydrogen (secondary N) is 1. The highest BCUT2D eigenvalue weighted by atomic mass is 19.3. The van der Waals surface area contributed by atoms with Crippen LogP contribution < -0.4 is 0 Å². The molecule has 0 aliphatic heterocycles. The summed E-state index contributed by atoms with van der Waals surface area (Å²) in [6.45, 7) is 2.46. The van der Waals surface area contributed by atoms with Crippen LogP contribution in [0.2, 0.25) is 0 Å². The van der Waals surface area contributed by atoms with Crippen LogP contribution in [0.4, 0.5) is 8.78 Å². The molecule has 0 spiro atoms. The second kappa shape index (κ2) is 4.24. The molecule has 14 heavy (non-hydrogen) atoms. The van der Waals surface area contributed by atoms with Crippen molar-refractivity contribution >= 4 is 5.84 Å². The molecule has 0 aromatic rings. The van der Waals surface area contributed by atoms with Crippen molar-refractivity contribution in [2.45, 2.75) is 38.5 Å². The van der Waals surface area contributed by atoms with Gasteiger partial charge in [0, 0.05) is 26.4 Å². The predicted molar refractivity (Wildman–Crippen MR) is 52.9 cm³/mol. The van der Waals surface area contributed by atoms with Crippen molar-refractivity contribution in [2.75, 3.05) is 13.6 Å². The highest BCUT2D eigenvalue weighted by Gasteiger charge is 2.35. The average molecular weight is 204 g/mol. The zero-order valence-corrected chi connectivity index (χ0v) is 8.82. The number of hydrogen-bond donors (Lipinski definition) is 1. The molecule has 0 heterocycles. The van der Waals surface area contributed by atoms with E-state index in [-0.39, 0.29) is 12.8 Å². The minimum atomic E-state index is -2.44. The van der Waals surface area contributed by atoms with Crippen LogP contribution in [0.5, 0.6) is 0 Å². The Morgan fingerprint density at radius 2 is 1.93 bits per heavy atom. The fourth-order valence-corrected chi connectivity index (χ4v) is 1.81. The van der Waals surface area contributed by atoms with E-state index in [4.69, 9.17) is 5.41 Å². The summed E-state index contributed by atoms with van der Waals surface area (Å²) in [5.74, 6) is -1.60. The Morgan fingerprint density at radius 1 is 1.43 bits per heavy atom. The van der Waals surface area contributed by atoms with Gasteiger partial charge in [-0.3, -0.25) is 5.41 Å². The van der Waals surface area contributed by atoms with Crippen molar-refractivity contribution in [3.63, 3.8) is 0 Å². The maximum absolute atomic E-state index is 12.8. The summed E-state index contributed by atoms with van der Waals surface area (Å²) in [6.07, 6.45) is 1.21. The zero-order valence-electron chi connectivity index (χ0n) is 8.82. The van der Waals surface area contributed by atoms with Crippen LogP contribution in [-0.2, 0) is 0 Å². The van der Waals surface area contributed by atoms with E-state index in [2.05, 4.69) is 0 Å². The molecule has 4 heteroatoms. The molecular weight excluding hydrogens is 186 g/mol. The lowest BCUT2D eigenvalue weighted by Gasteiger charge is -2.31. The Kier molecular flexibility index (Phi) is 3.45. The fourth-order valence-electron chi connectivity index (χ4n) is 1.81. The van der Waals surface area contributed by atoms with Crippen LogP contribution in [0.25, 0.3) is 0 Å². The summed E-state index contributed by atoms with van der Waals surface area (Å²) in [5, 5.41) is 7.37. The Hall–Kier alpha value is -0.670. The summed E-state index contributed by atoms with van der Waals surface area (Å²) < 4.78 is 25.6. The maximum Gasteiger partial charge on any atom is 0.248 e. The molecule has 0 bridgehead atoms. The number of halogens is 2. The van der Waals surface area contributed by atoms with E-state index in [0.29, 0.717) is 24.6 Å². The third kappa shape index (κ3) is 3.24. The Bertz CT molecular complexity index is 206. The lowest BCUT2D eigenvalue weighted by Crippen LogP contribution is -2.34. The number of nitrogens with zero attached hydrogens (tertiary/aromatic N) is 1. The summed E-state index contributed by atoms with van der Waals surface area (Å²) in [7, 11) is 1.84. The summed E-state index contributed by atoms with van der Waals surface area (Å²) in [5.41, 5.74) is 0. The standard InChI is InChI=1S/C10H18F2N2/c1-8(13)14(2)7-9-3-5-10(11,12)6-4-9/h9,13H,3-7H2,1-2H3. The highest BCUT2D eigenvalue weighted by molar-refractivity contribution is 5.75. The number of alkyl halides is 2. The van der Waals surface area contributed by atoms with Crippen LogP contribution in [0.1, 0.15) is 32.6 Å². The van der Waals surface area contributed by atoms with Crippen molar-refractivity contribution < 1.29 is 8.78 Å². The first kappa shape index (κ1) is 11.4. The highest BCUT2D eigenvalue weighted by Crippen LogP contribution is 2.36. The Balaban J connectivity index is 2.32. The monoisotopic (exact) mass is 204 g/mol. The quantitative estimate of drug-likeness (QED) is 0.543. The first-order chi connectivity index (χ1) is 6.41. The summed E-state index contributed by atoms with van der Waals surface area (Å²) in [6, 6.07) is 0. The molecule has 0 radical (unpaired) electrons. The Labute approximate surface area is 83.8 Å². The molecule has 0 unspecified atom stereocenters. The molecular formula is C10H18F2N2. The average Bonchev–Trinajstić information content (AvgIpc) is 2.08. The van der Waals surface area contributed by atoms with E-state index in [1.807, 2.05) is 11.9 Å². The molecule has 0 aromatic carbocycles. The predicted octanol–water partition coefficient (Wildman–Crippen LogP) is 2.74. The van der Waals surface area contributed by atoms with Crippen LogP contribution in [0.15, 0.2) is 0 Å². The first-order valence-corrected chi connectivity index (χ1v) is 5.05. The molecule has 1 fully saturated rings. The van der Waals surface area contributed by atoms with Crippen molar-refractivity contribution in [2.24, 2.45) is 5.92 Å². The van der Waals surface area contributed by atoms with Gasteiger partial charge in [-0.25, -0.2) is 8.78 Å². The number of rotatable bonds is 2. The van der Waals surface area contributed by atoms with Crippen molar-refractivity contribution in [3.8, 4) is 0 Å². The van der Waals surface area contributed by atoms with Gasteiger partial charge in [-0.2, -0.15) is 0 Å². The second-order valence-electron chi connectivity index (χ2n) is 4.27. The third-order valence-corrected chi connectivity index (χ3v) is 2.94. The van der Waals surface area contributed by atoms with Crippen molar-refractivity contribution in [1.29, 1.82) is 5.41 Å². The topological polar surface area (TPSA) is 27.1 Å². The smallest absolute Gasteiger partial charge is 0.248 e. The lowest BCUT2D eigenvalue weighted by atomic mass is 9.86. The molecule has 0 saturated heterocycles. The minimum Gasteiger partial charge on any atom is -0.364 e. The minimum absolute atomic E-state index is 0.0164. The summed E-state index contributed by atoms with van der Waals surface area (Å²) in [4.78, 5) is 1.83. The molecule has 1 N–H and O–H groups in total. The maximum atomic E-state index is 12.8. The molecule has 82 valence electrons. The number of hydrogen-bond acceptors (Lipinski definition) is 1. The van der Waals surface area contributed by atoms with Crippen LogP contribution in [0.3, 0.4) is 0 Å². The van der Waals surface area contributed by atoms with Crippen molar-refractivity contribution in [1.82, 2.24) is 4.90 Å². The van der Waals surface area contributed by atoms with Gasteiger partial charge in [0.15, 0.2) is 0 Å². The van der Waals surface area contributed by atoms with E-state index in [9.17, 15) is 8.78 Å². The van der Waals surface area contributed by atoms with E-state index < -0.39 is 5.92 Å². The van der Waals surface area contributed by atoms with E-state index >= 15 is 0 Å². The molecule has 1 rings (SSSR count). The second-order valence-corrected chi connectivity index (χ2v) is 4.27. The normalized spacial score (nSPS) is 22.0. The molecule has 0 atom stereocenters. The van der Waals surface area contributed by atoms with E-state index in [0.717, 1.165) is 6.54 Å². The van der Waals surface area contributed by atoms with Gasteiger partial charge < -0.3 is 4.90 Å². The van der Waals surface area contributed by atoms with Crippen LogP contribution in [0, 0.1) is 11.3 Å². The largest absolute Gasteiger partial charge is 0.364 e. The van der Waals surface area contributed by atoms with Crippen LogP contribution in [-0.4, -0.2) is 30.3 Å². The molecule has 1 aliphatic rings. The third-order valence-electron chi connectivity index (χ3n) is 2.94. The Morgan fingerprint density at radius 3 is 2.36 bits per heavy atom. The molecule has 0 amide bonds. The van der Waals surface area contributed by atoms with Crippen LogP contribution >= 0.6 is 0 Å².